The number of aryl methyl sites for hydroxylation is 1. The molecule has 1 aromatic heterocycles. The second kappa shape index (κ2) is 7.22. The van der Waals surface area contributed by atoms with Gasteiger partial charge in [-0.15, -0.1) is 5.10 Å². The van der Waals surface area contributed by atoms with Gasteiger partial charge in [0, 0.05) is 24.2 Å². The van der Waals surface area contributed by atoms with Gasteiger partial charge in [-0.2, -0.15) is 0 Å². The molecule has 1 atom stereocenters. The van der Waals surface area contributed by atoms with Gasteiger partial charge in [-0.05, 0) is 43.3 Å². The smallest absolute Gasteiger partial charge is 0.322 e. The summed E-state index contributed by atoms with van der Waals surface area (Å²) >= 11 is 0. The second-order valence-corrected chi connectivity index (χ2v) is 6.65. The number of hydrogen-bond acceptors (Lipinski definition) is 5. The molecule has 4 rings (SSSR count). The molecule has 1 aliphatic heterocycles. The molecule has 1 aliphatic rings. The van der Waals surface area contributed by atoms with E-state index >= 15 is 0 Å². The minimum absolute atomic E-state index is 0.0201. The number of rotatable bonds is 4. The van der Waals surface area contributed by atoms with Crippen LogP contribution in [0.15, 0.2) is 52.9 Å². The summed E-state index contributed by atoms with van der Waals surface area (Å²) in [6.45, 7) is 2.28. The standard InChI is InChI=1S/C20H17FN4O3/c1-12-2-4-13(5-3-12)18(27)22-20-24-23-19(28-20)14-10-17(26)25(11-14)16-8-6-15(21)7-9-16/h2-9,14H,10-11H2,1H3,(H,22,24,27)/t14-/m1/s1. The van der Waals surface area contributed by atoms with E-state index in [1.165, 1.54) is 12.1 Å². The highest BCUT2D eigenvalue weighted by Crippen LogP contribution is 2.31. The lowest BCUT2D eigenvalue weighted by Gasteiger charge is -2.15. The number of halogens is 1. The van der Waals surface area contributed by atoms with Crippen molar-refractivity contribution in [3.8, 4) is 0 Å². The molecule has 1 saturated heterocycles. The van der Waals surface area contributed by atoms with Crippen LogP contribution in [0, 0.1) is 12.7 Å². The molecule has 0 saturated carbocycles. The number of benzene rings is 2. The van der Waals surface area contributed by atoms with Crippen molar-refractivity contribution >= 4 is 23.5 Å². The highest BCUT2D eigenvalue weighted by atomic mass is 19.1. The molecule has 2 aromatic carbocycles. The largest absolute Gasteiger partial charge is 0.407 e. The van der Waals surface area contributed by atoms with E-state index in [1.807, 2.05) is 19.1 Å². The van der Waals surface area contributed by atoms with Gasteiger partial charge in [-0.3, -0.25) is 14.9 Å². The summed E-state index contributed by atoms with van der Waals surface area (Å²) in [4.78, 5) is 26.1. The third kappa shape index (κ3) is 3.62. The zero-order chi connectivity index (χ0) is 19.7. The maximum Gasteiger partial charge on any atom is 0.322 e. The molecule has 0 bridgehead atoms. The van der Waals surface area contributed by atoms with Gasteiger partial charge in [0.05, 0.1) is 5.92 Å². The number of carbonyl (C=O) groups excluding carboxylic acids is 2. The van der Waals surface area contributed by atoms with E-state index in [9.17, 15) is 14.0 Å². The summed E-state index contributed by atoms with van der Waals surface area (Å²) in [7, 11) is 0. The maximum absolute atomic E-state index is 13.1. The zero-order valence-electron chi connectivity index (χ0n) is 15.1. The van der Waals surface area contributed by atoms with Crippen molar-refractivity contribution in [3.63, 3.8) is 0 Å². The third-order valence-electron chi connectivity index (χ3n) is 4.59. The molecule has 28 heavy (non-hydrogen) atoms. The van der Waals surface area contributed by atoms with Crippen molar-refractivity contribution in [3.05, 3.63) is 71.4 Å². The lowest BCUT2D eigenvalue weighted by atomic mass is 10.1. The van der Waals surface area contributed by atoms with Crippen LogP contribution in [0.25, 0.3) is 0 Å². The van der Waals surface area contributed by atoms with Crippen molar-refractivity contribution in [1.29, 1.82) is 0 Å². The average Bonchev–Trinajstić information content (AvgIpc) is 3.29. The van der Waals surface area contributed by atoms with Crippen LogP contribution in [-0.4, -0.2) is 28.6 Å². The highest BCUT2D eigenvalue weighted by molar-refractivity contribution is 6.03. The van der Waals surface area contributed by atoms with Crippen LogP contribution in [0.3, 0.4) is 0 Å². The van der Waals surface area contributed by atoms with Gasteiger partial charge in [-0.25, -0.2) is 4.39 Å². The monoisotopic (exact) mass is 380 g/mol. The van der Waals surface area contributed by atoms with Crippen molar-refractivity contribution in [2.75, 3.05) is 16.8 Å². The minimum Gasteiger partial charge on any atom is -0.407 e. The highest BCUT2D eigenvalue weighted by Gasteiger charge is 2.35. The van der Waals surface area contributed by atoms with Crippen molar-refractivity contribution in [2.24, 2.45) is 0 Å². The molecular formula is C20H17FN4O3. The fourth-order valence-corrected chi connectivity index (χ4v) is 3.07. The van der Waals surface area contributed by atoms with E-state index in [4.69, 9.17) is 4.42 Å². The molecule has 7 nitrogen and oxygen atoms in total. The van der Waals surface area contributed by atoms with E-state index in [2.05, 4.69) is 15.5 Å². The Kier molecular flexibility index (Phi) is 4.60. The Labute approximate surface area is 160 Å². The molecular weight excluding hydrogens is 363 g/mol. The predicted molar refractivity (Wildman–Crippen MR) is 99.5 cm³/mol. The molecule has 1 fully saturated rings. The van der Waals surface area contributed by atoms with Gasteiger partial charge >= 0.3 is 6.01 Å². The van der Waals surface area contributed by atoms with Crippen molar-refractivity contribution in [2.45, 2.75) is 19.3 Å². The topological polar surface area (TPSA) is 88.3 Å². The van der Waals surface area contributed by atoms with Crippen molar-refractivity contribution in [1.82, 2.24) is 10.2 Å². The Bertz CT molecular complexity index is 1010. The van der Waals surface area contributed by atoms with E-state index in [0.29, 0.717) is 17.8 Å². The molecule has 0 aliphatic carbocycles. The summed E-state index contributed by atoms with van der Waals surface area (Å²) < 4.78 is 18.6. The Hall–Kier alpha value is -3.55. The first-order valence-corrected chi connectivity index (χ1v) is 8.77. The summed E-state index contributed by atoms with van der Waals surface area (Å²) in [6.07, 6.45) is 0.199. The predicted octanol–water partition coefficient (Wildman–Crippen LogP) is 3.29. The van der Waals surface area contributed by atoms with E-state index in [1.54, 1.807) is 29.2 Å². The van der Waals surface area contributed by atoms with Crippen LogP contribution in [0.5, 0.6) is 0 Å². The molecule has 8 heteroatoms. The molecule has 2 amide bonds. The van der Waals surface area contributed by atoms with E-state index < -0.39 is 0 Å². The van der Waals surface area contributed by atoms with Crippen LogP contribution in [0.1, 0.15) is 34.2 Å². The SMILES string of the molecule is Cc1ccc(C(=O)Nc2nnc([C@@H]3CC(=O)N(c4ccc(F)cc4)C3)o2)cc1. The van der Waals surface area contributed by atoms with Crippen LogP contribution >= 0.6 is 0 Å². The molecule has 0 unspecified atom stereocenters. The van der Waals surface area contributed by atoms with Crippen LogP contribution in [0.4, 0.5) is 16.1 Å². The van der Waals surface area contributed by atoms with Crippen LogP contribution in [0.2, 0.25) is 0 Å². The number of anilines is 2. The fraction of sp³-hybridized carbons (Fsp3) is 0.200. The third-order valence-corrected chi connectivity index (χ3v) is 4.59. The van der Waals surface area contributed by atoms with Gasteiger partial charge in [0.15, 0.2) is 0 Å². The molecule has 0 radical (unpaired) electrons. The lowest BCUT2D eigenvalue weighted by molar-refractivity contribution is -0.117. The van der Waals surface area contributed by atoms with Gasteiger partial charge in [-0.1, -0.05) is 22.8 Å². The van der Waals surface area contributed by atoms with Gasteiger partial charge in [0.2, 0.25) is 11.8 Å². The Morgan fingerprint density at radius 3 is 2.57 bits per heavy atom. The number of amides is 2. The van der Waals surface area contributed by atoms with Gasteiger partial charge in [0.25, 0.3) is 5.91 Å². The first-order chi connectivity index (χ1) is 13.5. The van der Waals surface area contributed by atoms with E-state index in [-0.39, 0.29) is 41.9 Å². The normalized spacial score (nSPS) is 16.4. The number of nitrogens with one attached hydrogen (secondary N) is 1. The molecule has 3 aromatic rings. The first-order valence-electron chi connectivity index (χ1n) is 8.77. The zero-order valence-corrected chi connectivity index (χ0v) is 15.1. The maximum atomic E-state index is 13.1. The Morgan fingerprint density at radius 2 is 1.86 bits per heavy atom. The number of aromatic nitrogens is 2. The van der Waals surface area contributed by atoms with E-state index in [0.717, 1.165) is 5.56 Å². The molecule has 142 valence electrons. The van der Waals surface area contributed by atoms with Gasteiger partial charge < -0.3 is 9.32 Å². The van der Waals surface area contributed by atoms with Crippen molar-refractivity contribution < 1.29 is 18.4 Å². The minimum atomic E-state index is -0.363. The summed E-state index contributed by atoms with van der Waals surface area (Å²) in [6, 6.07) is 12.8. The van der Waals surface area contributed by atoms with Crippen LogP contribution < -0.4 is 10.2 Å². The van der Waals surface area contributed by atoms with Crippen LogP contribution in [-0.2, 0) is 4.79 Å². The summed E-state index contributed by atoms with van der Waals surface area (Å²) in [5.41, 5.74) is 2.14. The second-order valence-electron chi connectivity index (χ2n) is 6.65. The number of nitrogens with zero attached hydrogens (tertiary/aromatic N) is 3. The lowest BCUT2D eigenvalue weighted by Crippen LogP contribution is -2.24. The average molecular weight is 380 g/mol. The Morgan fingerprint density at radius 1 is 1.14 bits per heavy atom. The number of hydrogen-bond donors (Lipinski definition) is 1. The fourth-order valence-electron chi connectivity index (χ4n) is 3.07. The molecule has 1 N–H and O–H groups in total. The quantitative estimate of drug-likeness (QED) is 0.750. The molecule has 2 heterocycles. The molecule has 0 spiro atoms. The summed E-state index contributed by atoms with van der Waals surface area (Å²) in [5, 5.41) is 10.4. The Balaban J connectivity index is 1.44. The number of carbonyl (C=O) groups is 2. The first kappa shape index (κ1) is 17.8. The summed E-state index contributed by atoms with van der Waals surface area (Å²) in [5.74, 6) is -0.851. The van der Waals surface area contributed by atoms with Gasteiger partial charge in [0.1, 0.15) is 5.82 Å².